The van der Waals surface area contributed by atoms with Gasteiger partial charge in [-0.3, -0.25) is 14.9 Å². The Bertz CT molecular complexity index is 1470. The van der Waals surface area contributed by atoms with Gasteiger partial charge in [0, 0.05) is 44.4 Å². The van der Waals surface area contributed by atoms with Gasteiger partial charge in [0.2, 0.25) is 15.9 Å². The van der Waals surface area contributed by atoms with Crippen LogP contribution in [-0.4, -0.2) is 80.5 Å². The molecule has 0 atom stereocenters. The monoisotopic (exact) mass is 563 g/mol. The SMILES string of the molecule is COCCNS(=O)(=O)c1cc([N+](=O)[O-])ccc1Oc1c(C)c(C(=O)N2CCOCC2)nn1-c1ccc(F)cc1. The third kappa shape index (κ3) is 6.22. The Morgan fingerprint density at radius 2 is 1.90 bits per heavy atom. The zero-order valence-electron chi connectivity index (χ0n) is 21.1. The van der Waals surface area contributed by atoms with Crippen LogP contribution in [0.1, 0.15) is 16.1 Å². The number of nitrogens with zero attached hydrogens (tertiary/aromatic N) is 4. The summed E-state index contributed by atoms with van der Waals surface area (Å²) in [6.45, 7) is 3.00. The number of ether oxygens (including phenoxy) is 3. The molecule has 0 radical (unpaired) electrons. The Kier molecular flexibility index (Phi) is 8.54. The molecule has 1 fully saturated rings. The van der Waals surface area contributed by atoms with Gasteiger partial charge in [-0.1, -0.05) is 0 Å². The number of rotatable bonds is 10. The lowest BCUT2D eigenvalue weighted by Crippen LogP contribution is -2.41. The molecule has 1 aliphatic heterocycles. The maximum atomic E-state index is 13.6. The lowest BCUT2D eigenvalue weighted by Gasteiger charge is -2.26. The summed E-state index contributed by atoms with van der Waals surface area (Å²) >= 11 is 0. The second-order valence-corrected chi connectivity index (χ2v) is 10.2. The van der Waals surface area contributed by atoms with Gasteiger partial charge in [-0.2, -0.15) is 9.78 Å². The minimum atomic E-state index is -4.29. The molecule has 1 N–H and O–H groups in total. The van der Waals surface area contributed by atoms with E-state index in [4.69, 9.17) is 14.2 Å². The Labute approximate surface area is 223 Å². The first-order chi connectivity index (χ1) is 18.6. The van der Waals surface area contributed by atoms with E-state index in [1.165, 1.54) is 36.1 Å². The van der Waals surface area contributed by atoms with Crippen molar-refractivity contribution in [2.24, 2.45) is 0 Å². The molecule has 13 nitrogen and oxygen atoms in total. The molecule has 2 heterocycles. The first-order valence-corrected chi connectivity index (χ1v) is 13.3. The highest BCUT2D eigenvalue weighted by molar-refractivity contribution is 7.89. The second kappa shape index (κ2) is 11.9. The van der Waals surface area contributed by atoms with Crippen molar-refractivity contribution in [2.45, 2.75) is 11.8 Å². The molecule has 15 heteroatoms. The minimum Gasteiger partial charge on any atom is -0.437 e. The number of nitro benzene ring substituents is 1. The summed E-state index contributed by atoms with van der Waals surface area (Å²) in [6.07, 6.45) is 0. The molecule has 0 bridgehead atoms. The van der Waals surface area contributed by atoms with Crippen molar-refractivity contribution >= 4 is 21.6 Å². The van der Waals surface area contributed by atoms with Crippen LogP contribution < -0.4 is 9.46 Å². The summed E-state index contributed by atoms with van der Waals surface area (Å²) < 4.78 is 59.6. The topological polar surface area (TPSA) is 155 Å². The van der Waals surface area contributed by atoms with Gasteiger partial charge in [0.25, 0.3) is 11.6 Å². The Hall–Kier alpha value is -3.92. The van der Waals surface area contributed by atoms with E-state index in [9.17, 15) is 27.7 Å². The summed E-state index contributed by atoms with van der Waals surface area (Å²) in [6, 6.07) is 8.33. The van der Waals surface area contributed by atoms with Crippen molar-refractivity contribution in [3.05, 3.63) is 69.7 Å². The van der Waals surface area contributed by atoms with Crippen LogP contribution in [0.2, 0.25) is 0 Å². The van der Waals surface area contributed by atoms with Crippen molar-refractivity contribution in [3.63, 3.8) is 0 Å². The fraction of sp³-hybridized carbons (Fsp3) is 0.333. The standard InChI is InChI=1S/C24H26FN5O8S/c1-16-22(23(31)28-10-13-37-14-11-28)27-29(18-5-3-17(25)4-6-18)24(16)38-20-8-7-19(30(32)33)15-21(20)39(34,35)26-9-12-36-2/h3-8,15,26H,9-14H2,1-2H3. The third-order valence-electron chi connectivity index (χ3n) is 5.87. The normalized spacial score (nSPS) is 13.9. The van der Waals surface area contributed by atoms with Crippen LogP contribution in [0.3, 0.4) is 0 Å². The highest BCUT2D eigenvalue weighted by Gasteiger charge is 2.30. The highest BCUT2D eigenvalue weighted by Crippen LogP contribution is 2.36. The van der Waals surface area contributed by atoms with Gasteiger partial charge in [0.05, 0.1) is 30.4 Å². The van der Waals surface area contributed by atoms with Crippen LogP contribution in [0.15, 0.2) is 47.4 Å². The predicted molar refractivity (Wildman–Crippen MR) is 135 cm³/mol. The van der Waals surface area contributed by atoms with Crippen LogP contribution >= 0.6 is 0 Å². The number of carbonyl (C=O) groups excluding carboxylic acids is 1. The molecule has 1 saturated heterocycles. The summed E-state index contributed by atoms with van der Waals surface area (Å²) in [5.74, 6) is -1.16. The number of carbonyl (C=O) groups is 1. The van der Waals surface area contributed by atoms with Gasteiger partial charge >= 0.3 is 0 Å². The molecule has 1 aromatic heterocycles. The van der Waals surface area contributed by atoms with Gasteiger partial charge in [0.15, 0.2) is 5.69 Å². The molecule has 2 aromatic carbocycles. The number of hydrogen-bond donors (Lipinski definition) is 1. The van der Waals surface area contributed by atoms with Gasteiger partial charge in [-0.25, -0.2) is 17.5 Å². The zero-order valence-corrected chi connectivity index (χ0v) is 21.9. The molecule has 0 aliphatic carbocycles. The summed E-state index contributed by atoms with van der Waals surface area (Å²) in [5.41, 5.74) is 0.187. The van der Waals surface area contributed by atoms with Crippen LogP contribution in [0.25, 0.3) is 5.69 Å². The quantitative estimate of drug-likeness (QED) is 0.222. The Morgan fingerprint density at radius 3 is 2.54 bits per heavy atom. The van der Waals surface area contributed by atoms with E-state index in [0.29, 0.717) is 32.0 Å². The number of amides is 1. The predicted octanol–water partition coefficient (Wildman–Crippen LogP) is 2.42. The van der Waals surface area contributed by atoms with E-state index in [-0.39, 0.29) is 41.9 Å². The van der Waals surface area contributed by atoms with Crippen LogP contribution in [0, 0.1) is 22.9 Å². The molecule has 3 aromatic rings. The lowest BCUT2D eigenvalue weighted by atomic mass is 10.2. The summed E-state index contributed by atoms with van der Waals surface area (Å²) in [4.78, 5) is 25.0. The maximum Gasteiger partial charge on any atom is 0.274 e. The smallest absolute Gasteiger partial charge is 0.274 e. The second-order valence-electron chi connectivity index (χ2n) is 8.45. The van der Waals surface area contributed by atoms with Gasteiger partial charge < -0.3 is 19.1 Å². The number of methoxy groups -OCH3 is 1. The van der Waals surface area contributed by atoms with Crippen LogP contribution in [0.4, 0.5) is 10.1 Å². The zero-order chi connectivity index (χ0) is 28.2. The van der Waals surface area contributed by atoms with Crippen LogP contribution in [0.5, 0.6) is 11.6 Å². The molecule has 0 unspecified atom stereocenters. The molecule has 1 amide bonds. The van der Waals surface area contributed by atoms with Gasteiger partial charge in [0.1, 0.15) is 16.5 Å². The third-order valence-corrected chi connectivity index (χ3v) is 7.36. The fourth-order valence-corrected chi connectivity index (χ4v) is 5.00. The van der Waals surface area contributed by atoms with Crippen molar-refractivity contribution < 1.29 is 36.7 Å². The van der Waals surface area contributed by atoms with E-state index < -0.39 is 31.3 Å². The average molecular weight is 564 g/mol. The molecule has 0 saturated carbocycles. The molecule has 4 rings (SSSR count). The Balaban J connectivity index is 1.82. The number of aromatic nitrogens is 2. The lowest BCUT2D eigenvalue weighted by molar-refractivity contribution is -0.385. The van der Waals surface area contributed by atoms with E-state index in [0.717, 1.165) is 18.2 Å². The molecule has 208 valence electrons. The molecular formula is C24H26FN5O8S. The average Bonchev–Trinajstić information content (AvgIpc) is 3.24. The molecule has 0 spiro atoms. The number of hydrogen-bond acceptors (Lipinski definition) is 9. The fourth-order valence-electron chi connectivity index (χ4n) is 3.84. The van der Waals surface area contributed by atoms with Crippen molar-refractivity contribution in [1.29, 1.82) is 0 Å². The number of halogens is 1. The number of benzene rings is 2. The van der Waals surface area contributed by atoms with E-state index in [2.05, 4.69) is 9.82 Å². The highest BCUT2D eigenvalue weighted by atomic mass is 32.2. The first kappa shape index (κ1) is 28.1. The van der Waals surface area contributed by atoms with Crippen molar-refractivity contribution in [2.75, 3.05) is 46.6 Å². The largest absolute Gasteiger partial charge is 0.437 e. The summed E-state index contributed by atoms with van der Waals surface area (Å²) in [7, 11) is -2.90. The number of nitrogens with one attached hydrogen (secondary N) is 1. The summed E-state index contributed by atoms with van der Waals surface area (Å²) in [5, 5.41) is 15.8. The number of nitro groups is 1. The molecular weight excluding hydrogens is 537 g/mol. The molecule has 39 heavy (non-hydrogen) atoms. The Morgan fingerprint density at radius 1 is 1.21 bits per heavy atom. The molecule has 1 aliphatic rings. The minimum absolute atomic E-state index is 0.0274. The van der Waals surface area contributed by atoms with Gasteiger partial charge in [-0.15, -0.1) is 0 Å². The van der Waals surface area contributed by atoms with Crippen LogP contribution in [-0.2, 0) is 19.5 Å². The van der Waals surface area contributed by atoms with Crippen molar-refractivity contribution in [3.8, 4) is 17.3 Å². The van der Waals surface area contributed by atoms with E-state index >= 15 is 0 Å². The number of sulfonamides is 1. The van der Waals surface area contributed by atoms with Gasteiger partial charge in [-0.05, 0) is 37.3 Å². The first-order valence-electron chi connectivity index (χ1n) is 11.8. The maximum absolute atomic E-state index is 13.6. The number of non-ortho nitro benzene ring substituents is 1. The number of morpholine rings is 1. The van der Waals surface area contributed by atoms with Crippen molar-refractivity contribution in [1.82, 2.24) is 19.4 Å². The van der Waals surface area contributed by atoms with E-state index in [1.54, 1.807) is 11.8 Å². The van der Waals surface area contributed by atoms with E-state index in [1.807, 2.05) is 0 Å².